The number of carbonyl (C=O) groups excluding carboxylic acids is 1. The molecule has 1 aromatic carbocycles. The Labute approximate surface area is 178 Å². The van der Waals surface area contributed by atoms with Crippen molar-refractivity contribution < 1.29 is 4.79 Å². The van der Waals surface area contributed by atoms with E-state index in [1.54, 1.807) is 12.4 Å². The first-order chi connectivity index (χ1) is 14.6. The molecule has 158 valence electrons. The summed E-state index contributed by atoms with van der Waals surface area (Å²) >= 11 is 0. The van der Waals surface area contributed by atoms with Gasteiger partial charge in [0.2, 0.25) is 11.9 Å². The summed E-state index contributed by atoms with van der Waals surface area (Å²) in [5.74, 6) is 1.05. The number of hydrogen-bond donors (Lipinski definition) is 0. The van der Waals surface area contributed by atoms with E-state index in [2.05, 4.69) is 62.0 Å². The predicted octanol–water partition coefficient (Wildman–Crippen LogP) is 1.33. The van der Waals surface area contributed by atoms with Crippen LogP contribution in [0.3, 0.4) is 0 Å². The van der Waals surface area contributed by atoms with E-state index in [-0.39, 0.29) is 11.5 Å². The molecule has 3 aliphatic rings. The van der Waals surface area contributed by atoms with Crippen molar-refractivity contribution in [3.05, 3.63) is 54.4 Å². The van der Waals surface area contributed by atoms with E-state index in [4.69, 9.17) is 0 Å². The maximum atomic E-state index is 13.3. The van der Waals surface area contributed by atoms with Crippen LogP contribution in [0.15, 0.2) is 48.8 Å². The van der Waals surface area contributed by atoms with Crippen LogP contribution in [0.2, 0.25) is 0 Å². The second kappa shape index (κ2) is 7.96. The minimum absolute atomic E-state index is 0.0170. The van der Waals surface area contributed by atoms with Crippen molar-refractivity contribution in [2.75, 3.05) is 57.8 Å². The van der Waals surface area contributed by atoms with Crippen LogP contribution in [0.1, 0.15) is 12.0 Å². The molecule has 1 amide bonds. The minimum Gasteiger partial charge on any atom is -0.338 e. The van der Waals surface area contributed by atoms with Gasteiger partial charge in [-0.25, -0.2) is 9.97 Å². The van der Waals surface area contributed by atoms with Crippen LogP contribution in [0.4, 0.5) is 5.95 Å². The van der Waals surface area contributed by atoms with Gasteiger partial charge >= 0.3 is 0 Å². The molecule has 1 atom stereocenters. The fourth-order valence-corrected chi connectivity index (χ4v) is 5.42. The fraction of sp³-hybridized carbons (Fsp3) is 0.522. The lowest BCUT2D eigenvalue weighted by molar-refractivity contribution is -0.136. The maximum Gasteiger partial charge on any atom is 0.240 e. The number of anilines is 1. The number of hydrogen-bond acceptors (Lipinski definition) is 6. The van der Waals surface area contributed by atoms with Gasteiger partial charge < -0.3 is 9.80 Å². The maximum absolute atomic E-state index is 13.3. The average Bonchev–Trinajstić information content (AvgIpc) is 3.12. The largest absolute Gasteiger partial charge is 0.338 e. The van der Waals surface area contributed by atoms with Crippen molar-refractivity contribution in [2.24, 2.45) is 5.41 Å². The molecule has 30 heavy (non-hydrogen) atoms. The summed E-state index contributed by atoms with van der Waals surface area (Å²) in [7, 11) is 2.12. The number of likely N-dealkylation sites (N-methyl/N-ethyl adjacent to an activating group) is 1. The summed E-state index contributed by atoms with van der Waals surface area (Å²) in [6.07, 6.45) is 4.52. The van der Waals surface area contributed by atoms with Crippen molar-refractivity contribution in [3.63, 3.8) is 0 Å². The van der Waals surface area contributed by atoms with Crippen molar-refractivity contribution in [3.8, 4) is 0 Å². The molecule has 4 heterocycles. The van der Waals surface area contributed by atoms with Gasteiger partial charge in [0.05, 0.1) is 6.04 Å². The molecule has 5 rings (SSSR count). The third kappa shape index (κ3) is 3.79. The lowest BCUT2D eigenvalue weighted by atomic mass is 9.77. The number of likely N-dealkylation sites (tertiary alicyclic amines) is 2. The van der Waals surface area contributed by atoms with E-state index >= 15 is 0 Å². The van der Waals surface area contributed by atoms with Crippen LogP contribution in [-0.4, -0.2) is 89.5 Å². The average molecular weight is 407 g/mol. The Bertz CT molecular complexity index is 862. The normalized spacial score (nSPS) is 24.2. The van der Waals surface area contributed by atoms with Crippen LogP contribution in [0.25, 0.3) is 0 Å². The highest BCUT2D eigenvalue weighted by atomic mass is 16.2. The molecule has 3 aliphatic heterocycles. The molecule has 3 fully saturated rings. The van der Waals surface area contributed by atoms with Crippen molar-refractivity contribution in [1.82, 2.24) is 24.7 Å². The molecule has 0 aliphatic carbocycles. The number of rotatable bonds is 4. The highest BCUT2D eigenvalue weighted by Gasteiger charge is 2.52. The smallest absolute Gasteiger partial charge is 0.240 e. The monoisotopic (exact) mass is 406 g/mol. The second-order valence-corrected chi connectivity index (χ2v) is 9.13. The van der Waals surface area contributed by atoms with Gasteiger partial charge in [-0.05, 0) is 25.1 Å². The fourth-order valence-electron chi connectivity index (χ4n) is 5.42. The molecule has 1 spiro atoms. The van der Waals surface area contributed by atoms with Gasteiger partial charge in [-0.2, -0.15) is 0 Å². The standard InChI is InChI=1S/C23H30N6O/c1-26-16-23(17-27(18-23)15-19-6-3-2-4-7-19)14-20(26)21(30)28-10-12-29(13-11-28)22-24-8-5-9-25-22/h2-9,20H,10-18H2,1H3. The second-order valence-electron chi connectivity index (χ2n) is 9.13. The van der Waals surface area contributed by atoms with Gasteiger partial charge in [-0.15, -0.1) is 0 Å². The molecule has 0 radical (unpaired) electrons. The van der Waals surface area contributed by atoms with E-state index in [0.717, 1.165) is 64.7 Å². The molecule has 0 bridgehead atoms. The number of amides is 1. The molecule has 0 saturated carbocycles. The third-order valence-corrected chi connectivity index (χ3v) is 6.82. The Hall–Kier alpha value is -2.51. The van der Waals surface area contributed by atoms with Crippen molar-refractivity contribution in [2.45, 2.75) is 19.0 Å². The first kappa shape index (κ1) is 19.5. The van der Waals surface area contributed by atoms with E-state index in [0.29, 0.717) is 5.91 Å². The van der Waals surface area contributed by atoms with E-state index < -0.39 is 0 Å². The number of carbonyl (C=O) groups is 1. The molecule has 7 nitrogen and oxygen atoms in total. The lowest BCUT2D eigenvalue weighted by Crippen LogP contribution is -2.56. The Morgan fingerprint density at radius 3 is 2.40 bits per heavy atom. The Morgan fingerprint density at radius 1 is 1.00 bits per heavy atom. The van der Waals surface area contributed by atoms with Gasteiger partial charge in [0.15, 0.2) is 0 Å². The Balaban J connectivity index is 1.14. The van der Waals surface area contributed by atoms with Crippen molar-refractivity contribution >= 4 is 11.9 Å². The molecule has 2 aromatic rings. The molecule has 0 N–H and O–H groups in total. The molecular weight excluding hydrogens is 376 g/mol. The van der Waals surface area contributed by atoms with Gasteiger partial charge in [-0.3, -0.25) is 14.6 Å². The molecule has 1 unspecified atom stereocenters. The van der Waals surface area contributed by atoms with Gasteiger partial charge in [-0.1, -0.05) is 30.3 Å². The van der Waals surface area contributed by atoms with Crippen LogP contribution >= 0.6 is 0 Å². The van der Waals surface area contributed by atoms with E-state index in [9.17, 15) is 4.79 Å². The SMILES string of the molecule is CN1CC2(CC1C(=O)N1CCN(c3ncccn3)CC1)CN(Cc1ccccc1)C2. The molecule has 3 saturated heterocycles. The Kier molecular flexibility index (Phi) is 5.16. The van der Waals surface area contributed by atoms with E-state index in [1.165, 1.54) is 5.56 Å². The summed E-state index contributed by atoms with van der Waals surface area (Å²) in [4.78, 5) is 30.9. The highest BCUT2D eigenvalue weighted by molar-refractivity contribution is 5.82. The van der Waals surface area contributed by atoms with Gasteiger partial charge in [0.1, 0.15) is 0 Å². The third-order valence-electron chi connectivity index (χ3n) is 6.82. The zero-order chi connectivity index (χ0) is 20.6. The first-order valence-corrected chi connectivity index (χ1v) is 10.9. The molecular formula is C23H30N6O. The van der Waals surface area contributed by atoms with E-state index in [1.807, 2.05) is 11.0 Å². The molecule has 7 heteroatoms. The van der Waals surface area contributed by atoms with Crippen LogP contribution in [0, 0.1) is 5.41 Å². The summed E-state index contributed by atoms with van der Waals surface area (Å²) in [6.45, 7) is 7.29. The van der Waals surface area contributed by atoms with Gasteiger partial charge in [0, 0.05) is 70.2 Å². The summed E-state index contributed by atoms with van der Waals surface area (Å²) in [5, 5.41) is 0. The quantitative estimate of drug-likeness (QED) is 0.764. The molecule has 1 aromatic heterocycles. The van der Waals surface area contributed by atoms with Crippen LogP contribution < -0.4 is 4.90 Å². The van der Waals surface area contributed by atoms with Crippen LogP contribution in [-0.2, 0) is 11.3 Å². The summed E-state index contributed by atoms with van der Waals surface area (Å²) < 4.78 is 0. The van der Waals surface area contributed by atoms with Crippen molar-refractivity contribution in [1.29, 1.82) is 0 Å². The Morgan fingerprint density at radius 2 is 1.70 bits per heavy atom. The number of nitrogens with zero attached hydrogens (tertiary/aromatic N) is 6. The highest BCUT2D eigenvalue weighted by Crippen LogP contribution is 2.43. The number of aromatic nitrogens is 2. The first-order valence-electron chi connectivity index (χ1n) is 10.9. The minimum atomic E-state index is 0.0170. The summed E-state index contributed by atoms with van der Waals surface area (Å²) in [5.41, 5.74) is 1.65. The lowest BCUT2D eigenvalue weighted by Gasteiger charge is -2.48. The van der Waals surface area contributed by atoms with Crippen LogP contribution in [0.5, 0.6) is 0 Å². The predicted molar refractivity (Wildman–Crippen MR) is 116 cm³/mol. The zero-order valence-corrected chi connectivity index (χ0v) is 17.7. The summed E-state index contributed by atoms with van der Waals surface area (Å²) in [6, 6.07) is 12.5. The number of benzene rings is 1. The number of piperazine rings is 1. The van der Waals surface area contributed by atoms with Gasteiger partial charge in [0.25, 0.3) is 0 Å². The topological polar surface area (TPSA) is 55.8 Å². The zero-order valence-electron chi connectivity index (χ0n) is 17.7.